The summed E-state index contributed by atoms with van der Waals surface area (Å²) in [6, 6.07) is 0.518. The van der Waals surface area contributed by atoms with Crippen molar-refractivity contribution in [3.63, 3.8) is 0 Å². The predicted octanol–water partition coefficient (Wildman–Crippen LogP) is 0.937. The molecule has 2 aliphatic rings. The van der Waals surface area contributed by atoms with Gasteiger partial charge in [-0.15, -0.1) is 0 Å². The molecule has 0 atom stereocenters. The van der Waals surface area contributed by atoms with Crippen molar-refractivity contribution in [1.29, 1.82) is 0 Å². The van der Waals surface area contributed by atoms with E-state index >= 15 is 0 Å². The molecule has 104 valence electrons. The van der Waals surface area contributed by atoms with E-state index in [4.69, 9.17) is 4.98 Å². The molecule has 1 fully saturated rings. The highest BCUT2D eigenvalue weighted by Crippen LogP contribution is 2.21. The van der Waals surface area contributed by atoms with Gasteiger partial charge in [-0.05, 0) is 39.9 Å². The number of hydrogen-bond acceptors (Lipinski definition) is 5. The third-order valence-corrected chi connectivity index (χ3v) is 4.13. The maximum absolute atomic E-state index is 4.73. The van der Waals surface area contributed by atoms with E-state index in [1.165, 1.54) is 11.3 Å². The molecular weight excluding hydrogens is 238 g/mol. The molecule has 0 bridgehead atoms. The highest BCUT2D eigenvalue weighted by Gasteiger charge is 2.20. The highest BCUT2D eigenvalue weighted by molar-refractivity contribution is 5.36. The van der Waals surface area contributed by atoms with Gasteiger partial charge in [0.1, 0.15) is 0 Å². The van der Waals surface area contributed by atoms with Crippen molar-refractivity contribution in [1.82, 2.24) is 20.2 Å². The largest absolute Gasteiger partial charge is 0.351 e. The number of hydrogen-bond donors (Lipinski definition) is 2. The lowest BCUT2D eigenvalue weighted by atomic mass is 10.0. The Kier molecular flexibility index (Phi) is 3.66. The molecule has 3 rings (SSSR count). The Hall–Kier alpha value is -1.20. The molecule has 3 heterocycles. The van der Waals surface area contributed by atoms with Crippen LogP contribution < -0.4 is 10.6 Å². The first-order valence-electron chi connectivity index (χ1n) is 7.24. The van der Waals surface area contributed by atoms with Gasteiger partial charge in [-0.25, -0.2) is 9.97 Å². The molecule has 1 aromatic rings. The molecule has 0 spiro atoms. The number of nitrogens with one attached hydrogen (secondary N) is 2. The third-order valence-electron chi connectivity index (χ3n) is 4.13. The lowest BCUT2D eigenvalue weighted by Crippen LogP contribution is -2.36. The number of piperidine rings is 1. The van der Waals surface area contributed by atoms with Crippen LogP contribution in [0.1, 0.15) is 29.8 Å². The maximum atomic E-state index is 4.73. The molecule has 5 heteroatoms. The minimum absolute atomic E-state index is 0.518. The van der Waals surface area contributed by atoms with Crippen molar-refractivity contribution in [2.45, 2.75) is 38.8 Å². The van der Waals surface area contributed by atoms with E-state index in [-0.39, 0.29) is 0 Å². The van der Waals surface area contributed by atoms with Crippen molar-refractivity contribution in [3.05, 3.63) is 17.0 Å². The number of aromatic nitrogens is 2. The summed E-state index contributed by atoms with van der Waals surface area (Å²) in [4.78, 5) is 11.7. The van der Waals surface area contributed by atoms with Crippen molar-refractivity contribution in [2.75, 3.05) is 32.0 Å². The summed E-state index contributed by atoms with van der Waals surface area (Å²) in [5.41, 5.74) is 3.69. The van der Waals surface area contributed by atoms with Crippen molar-refractivity contribution in [2.24, 2.45) is 0 Å². The molecule has 2 N–H and O–H groups in total. The van der Waals surface area contributed by atoms with Crippen LogP contribution in [0.15, 0.2) is 0 Å². The lowest BCUT2D eigenvalue weighted by molar-refractivity contribution is 0.308. The number of fused-ring (bicyclic) bond motifs is 1. The molecule has 0 aliphatic carbocycles. The fraction of sp³-hybridized carbons (Fsp3) is 0.714. The van der Waals surface area contributed by atoms with Crippen molar-refractivity contribution < 1.29 is 0 Å². The van der Waals surface area contributed by atoms with E-state index in [1.807, 2.05) is 0 Å². The van der Waals surface area contributed by atoms with E-state index in [2.05, 4.69) is 34.5 Å². The van der Waals surface area contributed by atoms with Crippen LogP contribution in [0.25, 0.3) is 0 Å². The molecule has 0 amide bonds. The van der Waals surface area contributed by atoms with Gasteiger partial charge in [0.15, 0.2) is 0 Å². The molecule has 2 aliphatic heterocycles. The Labute approximate surface area is 114 Å². The van der Waals surface area contributed by atoms with Gasteiger partial charge >= 0.3 is 0 Å². The SMILES string of the molecule is Cc1nc(NC2CCNCC2)nc2c1CN(C)CC2. The topological polar surface area (TPSA) is 53.1 Å². The molecule has 0 radical (unpaired) electrons. The zero-order valence-corrected chi connectivity index (χ0v) is 11.9. The van der Waals surface area contributed by atoms with Crippen LogP contribution in [0.3, 0.4) is 0 Å². The van der Waals surface area contributed by atoms with E-state index in [9.17, 15) is 0 Å². The van der Waals surface area contributed by atoms with Crippen molar-refractivity contribution >= 4 is 5.95 Å². The van der Waals surface area contributed by atoms with Crippen LogP contribution in [0.4, 0.5) is 5.95 Å². The van der Waals surface area contributed by atoms with Gasteiger partial charge < -0.3 is 15.5 Å². The quantitative estimate of drug-likeness (QED) is 0.830. The molecule has 5 nitrogen and oxygen atoms in total. The number of likely N-dealkylation sites (N-methyl/N-ethyl adjacent to an activating group) is 1. The van der Waals surface area contributed by atoms with Gasteiger partial charge in [0.25, 0.3) is 0 Å². The minimum Gasteiger partial charge on any atom is -0.351 e. The second kappa shape index (κ2) is 5.43. The summed E-state index contributed by atoms with van der Waals surface area (Å²) in [5, 5.41) is 6.89. The molecule has 0 unspecified atom stereocenters. The zero-order valence-electron chi connectivity index (χ0n) is 11.9. The number of nitrogens with zero attached hydrogens (tertiary/aromatic N) is 3. The van der Waals surface area contributed by atoms with Gasteiger partial charge in [0.05, 0.1) is 5.69 Å². The first kappa shape index (κ1) is 12.8. The average molecular weight is 261 g/mol. The zero-order chi connectivity index (χ0) is 13.2. The fourth-order valence-electron chi connectivity index (χ4n) is 2.93. The van der Waals surface area contributed by atoms with Crippen LogP contribution in [-0.2, 0) is 13.0 Å². The number of aryl methyl sites for hydroxylation is 1. The summed E-state index contributed by atoms with van der Waals surface area (Å²) >= 11 is 0. The van der Waals surface area contributed by atoms with Crippen LogP contribution in [0, 0.1) is 6.92 Å². The number of rotatable bonds is 2. The van der Waals surface area contributed by atoms with Crippen LogP contribution in [-0.4, -0.2) is 47.6 Å². The standard InChI is InChI=1S/C14H23N5/c1-10-12-9-19(2)8-5-13(12)18-14(16-10)17-11-3-6-15-7-4-11/h11,15H,3-9H2,1-2H3,(H,16,17,18). The first-order valence-corrected chi connectivity index (χ1v) is 7.24. The Morgan fingerprint density at radius 1 is 1.26 bits per heavy atom. The Morgan fingerprint density at radius 3 is 2.84 bits per heavy atom. The van der Waals surface area contributed by atoms with E-state index < -0.39 is 0 Å². The Balaban J connectivity index is 1.77. The van der Waals surface area contributed by atoms with Gasteiger partial charge in [-0.2, -0.15) is 0 Å². The predicted molar refractivity (Wildman–Crippen MR) is 76.3 cm³/mol. The molecular formula is C14H23N5. The van der Waals surface area contributed by atoms with E-state index in [0.29, 0.717) is 6.04 Å². The van der Waals surface area contributed by atoms with Crippen LogP contribution in [0.5, 0.6) is 0 Å². The second-order valence-electron chi connectivity index (χ2n) is 5.71. The van der Waals surface area contributed by atoms with E-state index in [0.717, 1.165) is 57.1 Å². The van der Waals surface area contributed by atoms with Gasteiger partial charge in [0, 0.05) is 36.8 Å². The normalized spacial score (nSPS) is 21.2. The van der Waals surface area contributed by atoms with Gasteiger partial charge in [-0.1, -0.05) is 0 Å². The summed E-state index contributed by atoms with van der Waals surface area (Å²) in [6.45, 7) is 6.36. The maximum Gasteiger partial charge on any atom is 0.223 e. The Morgan fingerprint density at radius 2 is 2.05 bits per heavy atom. The molecule has 0 aromatic carbocycles. The summed E-state index contributed by atoms with van der Waals surface area (Å²) in [7, 11) is 2.16. The van der Waals surface area contributed by atoms with Crippen molar-refractivity contribution in [3.8, 4) is 0 Å². The Bertz CT molecular complexity index is 453. The first-order chi connectivity index (χ1) is 9.22. The molecule has 1 saturated heterocycles. The monoisotopic (exact) mass is 261 g/mol. The second-order valence-corrected chi connectivity index (χ2v) is 5.71. The van der Waals surface area contributed by atoms with Gasteiger partial charge in [-0.3, -0.25) is 0 Å². The summed E-state index contributed by atoms with van der Waals surface area (Å²) in [6.07, 6.45) is 3.35. The van der Waals surface area contributed by atoms with Crippen LogP contribution >= 0.6 is 0 Å². The fourth-order valence-corrected chi connectivity index (χ4v) is 2.93. The smallest absolute Gasteiger partial charge is 0.223 e. The molecule has 1 aromatic heterocycles. The molecule has 0 saturated carbocycles. The minimum atomic E-state index is 0.518. The average Bonchev–Trinajstić information content (AvgIpc) is 2.41. The summed E-state index contributed by atoms with van der Waals surface area (Å²) in [5.74, 6) is 0.827. The van der Waals surface area contributed by atoms with Crippen LogP contribution in [0.2, 0.25) is 0 Å². The van der Waals surface area contributed by atoms with Gasteiger partial charge in [0.2, 0.25) is 5.95 Å². The highest BCUT2D eigenvalue weighted by atomic mass is 15.2. The number of anilines is 1. The summed E-state index contributed by atoms with van der Waals surface area (Å²) < 4.78 is 0. The third kappa shape index (κ3) is 2.87. The lowest BCUT2D eigenvalue weighted by Gasteiger charge is -2.27. The van der Waals surface area contributed by atoms with E-state index in [1.54, 1.807) is 0 Å². The molecule has 19 heavy (non-hydrogen) atoms.